The van der Waals surface area contributed by atoms with Crippen LogP contribution in [-0.2, 0) is 23.0 Å². The lowest BCUT2D eigenvalue weighted by Crippen LogP contribution is -2.41. The van der Waals surface area contributed by atoms with E-state index in [4.69, 9.17) is 9.73 Å². The molecule has 0 N–H and O–H groups in total. The summed E-state index contributed by atoms with van der Waals surface area (Å²) in [6, 6.07) is 4.98. The van der Waals surface area contributed by atoms with Gasteiger partial charge in [-0.2, -0.15) is 0 Å². The van der Waals surface area contributed by atoms with E-state index in [0.717, 1.165) is 55.4 Å². The van der Waals surface area contributed by atoms with Gasteiger partial charge >= 0.3 is 6.09 Å². The number of likely N-dealkylation sites (tertiary alicyclic amines) is 1. The third-order valence-corrected chi connectivity index (χ3v) is 8.49. The molecule has 0 atom stereocenters. The molecule has 2 aliphatic heterocycles. The van der Waals surface area contributed by atoms with E-state index in [2.05, 4.69) is 61.0 Å². The molecular weight excluding hydrogens is 500 g/mol. The van der Waals surface area contributed by atoms with Crippen LogP contribution >= 0.6 is 15.9 Å². The number of carbonyl (C=O) groups excluding carboxylic acids is 1. The number of rotatable bonds is 2. The average Bonchev–Trinajstić information content (AvgIpc) is 3.16. The van der Waals surface area contributed by atoms with Crippen LogP contribution in [0.4, 0.5) is 4.79 Å². The van der Waals surface area contributed by atoms with Gasteiger partial charge < -0.3 is 9.64 Å². The summed E-state index contributed by atoms with van der Waals surface area (Å²) in [7, 11) is 0. The van der Waals surface area contributed by atoms with E-state index in [1.807, 2.05) is 25.7 Å². The van der Waals surface area contributed by atoms with Crippen LogP contribution in [0.5, 0.6) is 0 Å². The minimum atomic E-state index is -0.454. The van der Waals surface area contributed by atoms with Crippen molar-refractivity contribution in [2.75, 3.05) is 13.1 Å². The van der Waals surface area contributed by atoms with Gasteiger partial charge in [0, 0.05) is 23.0 Å². The molecule has 0 radical (unpaired) electrons. The number of piperidine rings is 1. The molecule has 1 amide bonds. The monoisotopic (exact) mass is 536 g/mol. The lowest BCUT2D eigenvalue weighted by Gasteiger charge is -2.38. The summed E-state index contributed by atoms with van der Waals surface area (Å²) in [6.45, 7) is 14.2. The van der Waals surface area contributed by atoms with E-state index in [1.54, 1.807) is 0 Å². The summed E-state index contributed by atoms with van der Waals surface area (Å²) < 4.78 is 6.74. The van der Waals surface area contributed by atoms with Crippen molar-refractivity contribution >= 4 is 27.7 Å². The first kappa shape index (κ1) is 24.5. The molecule has 0 aromatic heterocycles. The van der Waals surface area contributed by atoms with E-state index >= 15 is 0 Å². The SMILES string of the molecule is CCc1cc2c(cc1C1CCN(C(=O)OC(C)(C)C)CC1)C(C)(C)C1=NC3=CC(Br)=CCC3=C1C2. The van der Waals surface area contributed by atoms with E-state index in [0.29, 0.717) is 5.92 Å². The van der Waals surface area contributed by atoms with Gasteiger partial charge in [-0.1, -0.05) is 54.9 Å². The van der Waals surface area contributed by atoms with Crippen molar-refractivity contribution in [2.24, 2.45) is 4.99 Å². The van der Waals surface area contributed by atoms with Crippen molar-refractivity contribution in [3.8, 4) is 0 Å². The summed E-state index contributed by atoms with van der Waals surface area (Å²) in [5.74, 6) is 0.473. The first-order chi connectivity index (χ1) is 16.5. The molecule has 5 heteroatoms. The highest BCUT2D eigenvalue weighted by Gasteiger charge is 2.42. The zero-order chi connectivity index (χ0) is 25.1. The number of hydrogen-bond acceptors (Lipinski definition) is 3. The van der Waals surface area contributed by atoms with Crippen LogP contribution in [0.25, 0.3) is 0 Å². The van der Waals surface area contributed by atoms with E-state index < -0.39 is 5.60 Å². The molecule has 186 valence electrons. The number of fused-ring (bicyclic) bond motifs is 3. The number of ether oxygens (including phenoxy) is 1. The lowest BCUT2D eigenvalue weighted by atomic mass is 9.67. The second-order valence-corrected chi connectivity index (χ2v) is 12.8. The van der Waals surface area contributed by atoms with Crippen LogP contribution in [0.1, 0.15) is 89.0 Å². The molecule has 35 heavy (non-hydrogen) atoms. The van der Waals surface area contributed by atoms with Crippen molar-refractivity contribution in [3.05, 3.63) is 67.9 Å². The first-order valence-corrected chi connectivity index (χ1v) is 13.8. The number of allylic oxidation sites excluding steroid dienone is 5. The van der Waals surface area contributed by atoms with Gasteiger partial charge in [-0.15, -0.1) is 0 Å². The highest BCUT2D eigenvalue weighted by molar-refractivity contribution is 9.11. The molecular formula is C30H37BrN2O2. The van der Waals surface area contributed by atoms with Gasteiger partial charge in [0.25, 0.3) is 0 Å². The Morgan fingerprint density at radius 3 is 2.57 bits per heavy atom. The second kappa shape index (κ2) is 8.76. The zero-order valence-corrected chi connectivity index (χ0v) is 23.5. The van der Waals surface area contributed by atoms with Crippen LogP contribution < -0.4 is 0 Å². The van der Waals surface area contributed by atoms with Crippen molar-refractivity contribution in [1.82, 2.24) is 4.90 Å². The van der Waals surface area contributed by atoms with Crippen molar-refractivity contribution < 1.29 is 9.53 Å². The van der Waals surface area contributed by atoms with Gasteiger partial charge in [-0.25, -0.2) is 4.79 Å². The number of nitrogens with zero attached hydrogens (tertiary/aromatic N) is 2. The minimum absolute atomic E-state index is 0.126. The van der Waals surface area contributed by atoms with Crippen LogP contribution in [0.2, 0.25) is 0 Å². The topological polar surface area (TPSA) is 41.9 Å². The summed E-state index contributed by atoms with van der Waals surface area (Å²) >= 11 is 3.64. The molecule has 0 bridgehead atoms. The van der Waals surface area contributed by atoms with Gasteiger partial charge in [0.15, 0.2) is 0 Å². The van der Waals surface area contributed by atoms with Crippen molar-refractivity contribution in [3.63, 3.8) is 0 Å². The fourth-order valence-corrected chi connectivity index (χ4v) is 6.52. The van der Waals surface area contributed by atoms with Gasteiger partial charge in [-0.05, 0) is 98.3 Å². The summed E-state index contributed by atoms with van der Waals surface area (Å²) in [4.78, 5) is 19.6. The predicted octanol–water partition coefficient (Wildman–Crippen LogP) is 7.51. The Morgan fingerprint density at radius 1 is 1.20 bits per heavy atom. The maximum atomic E-state index is 12.6. The zero-order valence-electron chi connectivity index (χ0n) is 21.9. The summed E-state index contributed by atoms with van der Waals surface area (Å²) in [5, 5.41) is 0. The minimum Gasteiger partial charge on any atom is -0.444 e. The second-order valence-electron chi connectivity index (χ2n) is 11.8. The maximum absolute atomic E-state index is 12.6. The smallest absolute Gasteiger partial charge is 0.410 e. The molecule has 0 unspecified atom stereocenters. The average molecular weight is 538 g/mol. The number of hydrogen-bond donors (Lipinski definition) is 0. The maximum Gasteiger partial charge on any atom is 0.410 e. The highest BCUT2D eigenvalue weighted by Crippen LogP contribution is 2.47. The lowest BCUT2D eigenvalue weighted by molar-refractivity contribution is 0.0204. The van der Waals surface area contributed by atoms with Crippen molar-refractivity contribution in [2.45, 2.75) is 90.6 Å². The Labute approximate surface area is 218 Å². The summed E-state index contributed by atoms with van der Waals surface area (Å²) in [6.07, 6.45) is 9.15. The molecule has 1 aromatic rings. The third kappa shape index (κ3) is 4.45. The molecule has 2 aliphatic carbocycles. The van der Waals surface area contributed by atoms with E-state index in [1.165, 1.54) is 39.1 Å². The van der Waals surface area contributed by atoms with Crippen LogP contribution in [-0.4, -0.2) is 35.4 Å². The first-order valence-electron chi connectivity index (χ1n) is 13.0. The predicted molar refractivity (Wildman–Crippen MR) is 147 cm³/mol. The van der Waals surface area contributed by atoms with Crippen LogP contribution in [0.15, 0.2) is 50.6 Å². The molecule has 1 fully saturated rings. The fourth-order valence-electron chi connectivity index (χ4n) is 6.14. The molecule has 1 aromatic carbocycles. The Hall–Kier alpha value is -2.14. The van der Waals surface area contributed by atoms with Crippen LogP contribution in [0, 0.1) is 0 Å². The van der Waals surface area contributed by atoms with Crippen molar-refractivity contribution in [1.29, 1.82) is 0 Å². The van der Waals surface area contributed by atoms with E-state index in [9.17, 15) is 4.79 Å². The fraction of sp³-hybridized carbons (Fsp3) is 0.533. The molecule has 5 rings (SSSR count). The Kier molecular flexibility index (Phi) is 6.14. The summed E-state index contributed by atoms with van der Waals surface area (Å²) in [5.41, 5.74) is 10.5. The number of benzene rings is 1. The molecule has 2 heterocycles. The molecule has 0 saturated carbocycles. The highest BCUT2D eigenvalue weighted by atomic mass is 79.9. The van der Waals surface area contributed by atoms with Gasteiger partial charge in [0.2, 0.25) is 0 Å². The standard InChI is InChI=1S/C30H37BrN2O2/c1-7-18-14-20-15-24-22-9-8-21(31)16-26(22)32-27(24)30(5,6)25(20)17-23(18)19-10-12-33(13-11-19)28(34)35-29(2,3)4/h8,14,16-17,19H,7,9-13,15H2,1-6H3. The van der Waals surface area contributed by atoms with Gasteiger partial charge in [-0.3, -0.25) is 4.99 Å². The molecule has 0 spiro atoms. The van der Waals surface area contributed by atoms with Gasteiger partial charge in [0.1, 0.15) is 5.60 Å². The Bertz CT molecular complexity index is 1200. The number of amides is 1. The normalized spacial score (nSPS) is 21.6. The molecule has 4 aliphatic rings. The Balaban J connectivity index is 1.44. The Morgan fingerprint density at radius 2 is 1.91 bits per heavy atom. The number of aryl methyl sites for hydroxylation is 1. The molecule has 4 nitrogen and oxygen atoms in total. The number of halogens is 1. The quantitative estimate of drug-likeness (QED) is 0.392. The van der Waals surface area contributed by atoms with Gasteiger partial charge in [0.05, 0.1) is 11.4 Å². The third-order valence-electron chi connectivity index (χ3n) is 7.93. The number of aliphatic imine (C=N–C) groups is 1. The largest absolute Gasteiger partial charge is 0.444 e. The number of carbonyl (C=O) groups is 1. The van der Waals surface area contributed by atoms with E-state index in [-0.39, 0.29) is 11.5 Å². The van der Waals surface area contributed by atoms with Crippen LogP contribution in [0.3, 0.4) is 0 Å². The molecule has 1 saturated heterocycles.